The summed E-state index contributed by atoms with van der Waals surface area (Å²) in [5, 5.41) is 0. The molecule has 0 spiro atoms. The summed E-state index contributed by atoms with van der Waals surface area (Å²) in [5.41, 5.74) is 0. The Bertz CT molecular complexity index is 150. The van der Waals surface area contributed by atoms with Crippen LogP contribution in [0.1, 0.15) is 111 Å². The van der Waals surface area contributed by atoms with E-state index in [9.17, 15) is 0 Å². The van der Waals surface area contributed by atoms with Crippen molar-refractivity contribution in [3.05, 3.63) is 6.42 Å². The van der Waals surface area contributed by atoms with Crippen molar-refractivity contribution in [3.8, 4) is 0 Å². The van der Waals surface area contributed by atoms with E-state index in [0.717, 1.165) is 5.92 Å². The Hall–Kier alpha value is 0. The number of hydrogen-bond donors (Lipinski definition) is 0. The fourth-order valence-electron chi connectivity index (χ4n) is 2.69. The van der Waals surface area contributed by atoms with Crippen LogP contribution >= 0.6 is 0 Å². The molecule has 0 heterocycles. The molecule has 0 aliphatic rings. The van der Waals surface area contributed by atoms with Gasteiger partial charge in [-0.1, -0.05) is 104 Å². The van der Waals surface area contributed by atoms with Crippen molar-refractivity contribution in [2.75, 3.05) is 0 Å². The van der Waals surface area contributed by atoms with Gasteiger partial charge in [0.15, 0.2) is 0 Å². The minimum Gasteiger partial charge on any atom is -0.0654 e. The second kappa shape index (κ2) is 16.1. The number of unbranched alkanes of at least 4 members (excludes halogenated alkanes) is 11. The molecule has 0 bridgehead atoms. The molecule has 0 fully saturated rings. The van der Waals surface area contributed by atoms with Gasteiger partial charge in [-0.15, -0.1) is 0 Å². The lowest BCUT2D eigenvalue weighted by Crippen LogP contribution is -1.96. The Balaban J connectivity index is 3.07. The molecule has 0 aliphatic carbocycles. The van der Waals surface area contributed by atoms with Crippen LogP contribution < -0.4 is 0 Å². The van der Waals surface area contributed by atoms with E-state index in [4.69, 9.17) is 0 Å². The largest absolute Gasteiger partial charge is 0.0654 e. The Morgan fingerprint density at radius 3 is 1.68 bits per heavy atom. The van der Waals surface area contributed by atoms with E-state index in [1.54, 1.807) is 0 Å². The fraction of sp³-hybridized carbons (Fsp3) is 0.947. The van der Waals surface area contributed by atoms with Crippen LogP contribution in [0.25, 0.3) is 0 Å². The summed E-state index contributed by atoms with van der Waals surface area (Å²) in [6, 6.07) is 0. The van der Waals surface area contributed by atoms with Gasteiger partial charge in [0.2, 0.25) is 0 Å². The first-order chi connectivity index (χ1) is 9.31. The summed E-state index contributed by atoms with van der Waals surface area (Å²) >= 11 is 0. The molecule has 0 aromatic carbocycles. The Labute approximate surface area is 123 Å². The van der Waals surface area contributed by atoms with Gasteiger partial charge in [-0.25, -0.2) is 0 Å². The number of hydrogen-bond acceptors (Lipinski definition) is 0. The maximum absolute atomic E-state index is 2.57. The number of rotatable bonds is 15. The molecule has 19 heavy (non-hydrogen) atoms. The van der Waals surface area contributed by atoms with Crippen molar-refractivity contribution in [1.82, 2.24) is 0 Å². The molecule has 0 amide bonds. The molecular weight excluding hydrogens is 228 g/mol. The predicted molar refractivity (Wildman–Crippen MR) is 89.5 cm³/mol. The molecule has 0 saturated carbocycles. The molecule has 0 N–H and O–H groups in total. The van der Waals surface area contributed by atoms with Crippen LogP contribution in [-0.2, 0) is 0 Å². The molecular formula is C19H39. The highest BCUT2D eigenvalue weighted by Gasteiger charge is 2.02. The molecule has 0 saturated heterocycles. The van der Waals surface area contributed by atoms with Gasteiger partial charge in [-0.2, -0.15) is 0 Å². The molecule has 0 nitrogen and oxygen atoms in total. The van der Waals surface area contributed by atoms with Crippen molar-refractivity contribution in [2.24, 2.45) is 5.92 Å². The fourth-order valence-corrected chi connectivity index (χ4v) is 2.69. The molecule has 1 radical (unpaired) electrons. The van der Waals surface area contributed by atoms with Crippen molar-refractivity contribution in [3.63, 3.8) is 0 Å². The maximum Gasteiger partial charge on any atom is -0.0358 e. The van der Waals surface area contributed by atoms with Gasteiger partial charge in [-0.3, -0.25) is 0 Å². The third-order valence-electron chi connectivity index (χ3n) is 4.14. The highest BCUT2D eigenvalue weighted by molar-refractivity contribution is 4.72. The third kappa shape index (κ3) is 15.9. The summed E-state index contributed by atoms with van der Waals surface area (Å²) in [6.45, 7) is 6.98. The maximum atomic E-state index is 2.57. The highest BCUT2D eigenvalue weighted by Crippen LogP contribution is 2.17. The van der Waals surface area contributed by atoms with Gasteiger partial charge < -0.3 is 0 Å². The van der Waals surface area contributed by atoms with Crippen LogP contribution in [0.5, 0.6) is 0 Å². The van der Waals surface area contributed by atoms with Crippen LogP contribution in [-0.4, -0.2) is 0 Å². The van der Waals surface area contributed by atoms with E-state index in [1.807, 2.05) is 0 Å². The standard InChI is InChI=1S/C19H39/c1-4-6-8-10-11-12-13-14-16-18-19(3)17-15-9-7-5-2/h18-19H,4-17H2,1-3H3. The van der Waals surface area contributed by atoms with E-state index in [-0.39, 0.29) is 0 Å². The third-order valence-corrected chi connectivity index (χ3v) is 4.14. The summed E-state index contributed by atoms with van der Waals surface area (Å²) < 4.78 is 0. The Morgan fingerprint density at radius 1 is 0.632 bits per heavy atom. The van der Waals surface area contributed by atoms with Gasteiger partial charge in [0.05, 0.1) is 0 Å². The summed E-state index contributed by atoms with van der Waals surface area (Å²) in [5.74, 6) is 0.849. The minimum atomic E-state index is 0.849. The Kier molecular flexibility index (Phi) is 16.1. The van der Waals surface area contributed by atoms with Gasteiger partial charge in [0, 0.05) is 0 Å². The Morgan fingerprint density at radius 2 is 1.11 bits per heavy atom. The first-order valence-electron chi connectivity index (χ1n) is 9.14. The molecule has 0 aromatic rings. The van der Waals surface area contributed by atoms with Crippen LogP contribution in [0, 0.1) is 12.3 Å². The second-order valence-corrected chi connectivity index (χ2v) is 6.33. The van der Waals surface area contributed by atoms with Crippen molar-refractivity contribution in [1.29, 1.82) is 0 Å². The lowest BCUT2D eigenvalue weighted by atomic mass is 9.96. The molecule has 0 heteroatoms. The van der Waals surface area contributed by atoms with Gasteiger partial charge >= 0.3 is 0 Å². The summed E-state index contributed by atoms with van der Waals surface area (Å²) in [4.78, 5) is 0. The van der Waals surface area contributed by atoms with Gasteiger partial charge in [0.1, 0.15) is 0 Å². The van der Waals surface area contributed by atoms with E-state index in [0.29, 0.717) is 0 Å². The highest BCUT2D eigenvalue weighted by atomic mass is 14.1. The van der Waals surface area contributed by atoms with Crippen molar-refractivity contribution >= 4 is 0 Å². The quantitative estimate of drug-likeness (QED) is 0.272. The normalized spacial score (nSPS) is 12.8. The van der Waals surface area contributed by atoms with E-state index >= 15 is 0 Å². The second-order valence-electron chi connectivity index (χ2n) is 6.33. The molecule has 1 unspecified atom stereocenters. The average molecular weight is 268 g/mol. The SMILES string of the molecule is CCCCCCCCCC[CH]C(C)CCCCCC. The van der Waals surface area contributed by atoms with Crippen LogP contribution in [0.4, 0.5) is 0 Å². The molecule has 115 valence electrons. The zero-order chi connectivity index (χ0) is 14.2. The van der Waals surface area contributed by atoms with Crippen LogP contribution in [0.2, 0.25) is 0 Å². The zero-order valence-electron chi connectivity index (χ0n) is 14.1. The lowest BCUT2D eigenvalue weighted by Gasteiger charge is -2.10. The first-order valence-corrected chi connectivity index (χ1v) is 9.14. The molecule has 0 rings (SSSR count). The molecule has 0 aliphatic heterocycles. The van der Waals surface area contributed by atoms with E-state index in [2.05, 4.69) is 27.2 Å². The zero-order valence-corrected chi connectivity index (χ0v) is 14.1. The van der Waals surface area contributed by atoms with Crippen LogP contribution in [0.15, 0.2) is 0 Å². The first kappa shape index (κ1) is 19.0. The van der Waals surface area contributed by atoms with Crippen molar-refractivity contribution in [2.45, 2.75) is 111 Å². The van der Waals surface area contributed by atoms with Gasteiger partial charge in [-0.05, 0) is 18.8 Å². The van der Waals surface area contributed by atoms with Crippen molar-refractivity contribution < 1.29 is 0 Å². The van der Waals surface area contributed by atoms with E-state index < -0.39 is 0 Å². The van der Waals surface area contributed by atoms with E-state index in [1.165, 1.54) is 89.9 Å². The lowest BCUT2D eigenvalue weighted by molar-refractivity contribution is 0.510. The average Bonchev–Trinajstić information content (AvgIpc) is 2.42. The predicted octanol–water partition coefficient (Wildman–Crippen LogP) is 7.33. The molecule has 0 aromatic heterocycles. The molecule has 1 atom stereocenters. The van der Waals surface area contributed by atoms with Gasteiger partial charge in [0.25, 0.3) is 0 Å². The topological polar surface area (TPSA) is 0 Å². The van der Waals surface area contributed by atoms with Crippen LogP contribution in [0.3, 0.4) is 0 Å². The minimum absolute atomic E-state index is 0.849. The summed E-state index contributed by atoms with van der Waals surface area (Å²) in [6.07, 6.45) is 22.5. The smallest absolute Gasteiger partial charge is 0.0358 e. The monoisotopic (exact) mass is 267 g/mol. The summed E-state index contributed by atoms with van der Waals surface area (Å²) in [7, 11) is 0.